The molecule has 0 unspecified atom stereocenters. The molecule has 0 saturated heterocycles. The molecule has 0 aromatic heterocycles. The topological polar surface area (TPSA) is 172 Å². The average Bonchev–Trinajstić information content (AvgIpc) is 2.23. The Labute approximate surface area is 111 Å². The molecular weight excluding hydrogens is 252 g/mol. The van der Waals surface area contributed by atoms with Crippen molar-refractivity contribution in [2.75, 3.05) is 0 Å². The first kappa shape index (κ1) is 19.2. The predicted molar refractivity (Wildman–Crippen MR) is 69.1 cm³/mol. The summed E-state index contributed by atoms with van der Waals surface area (Å²) >= 11 is 0. The minimum atomic E-state index is -0.392. The summed E-state index contributed by atoms with van der Waals surface area (Å²) in [5.74, 6) is -1.44. The first-order valence-electron chi connectivity index (χ1n) is 5.89. The molecule has 0 fully saturated rings. The zero-order valence-electron chi connectivity index (χ0n) is 10.9. The molecule has 0 heterocycles. The van der Waals surface area contributed by atoms with Gasteiger partial charge in [0, 0.05) is 25.7 Å². The van der Waals surface area contributed by atoms with Gasteiger partial charge < -0.3 is 22.9 Å². The molecular formula is C11H22N4O4. The lowest BCUT2D eigenvalue weighted by molar-refractivity contribution is -0.120. The van der Waals surface area contributed by atoms with Crippen molar-refractivity contribution in [1.29, 1.82) is 0 Å². The summed E-state index contributed by atoms with van der Waals surface area (Å²) in [7, 11) is 0. The molecule has 4 amide bonds. The van der Waals surface area contributed by atoms with Gasteiger partial charge in [0.15, 0.2) is 0 Å². The largest absolute Gasteiger partial charge is 0.370 e. The van der Waals surface area contributed by atoms with Gasteiger partial charge in [-0.2, -0.15) is 0 Å². The summed E-state index contributed by atoms with van der Waals surface area (Å²) in [4.78, 5) is 40.4. The number of rotatable bonds is 9. The standard InChI is InChI=1S/C6H12N2O2.C5H10N2O2/c7-5(9)3-1-2-4-6(8)10;6-4(8)2-1-3-5(7)9/h1-4H2,(H2,7,9)(H2,8,10);1-3H2,(H2,6,8)(H2,7,9). The molecule has 0 rings (SSSR count). The van der Waals surface area contributed by atoms with Crippen LogP contribution in [0.15, 0.2) is 0 Å². The Bertz CT molecular complexity index is 288. The van der Waals surface area contributed by atoms with Crippen LogP contribution in [0.25, 0.3) is 0 Å². The van der Waals surface area contributed by atoms with Crippen molar-refractivity contribution in [1.82, 2.24) is 0 Å². The second kappa shape index (κ2) is 12.3. The summed E-state index contributed by atoms with van der Waals surface area (Å²) in [6.45, 7) is 0. The predicted octanol–water partition coefficient (Wildman–Crippen LogP) is -1.36. The van der Waals surface area contributed by atoms with Gasteiger partial charge in [-0.05, 0) is 19.3 Å². The lowest BCUT2D eigenvalue weighted by Crippen LogP contribution is -2.14. The number of primary amides is 4. The van der Waals surface area contributed by atoms with E-state index in [0.717, 1.165) is 0 Å². The highest BCUT2D eigenvalue weighted by Gasteiger charge is 1.97. The lowest BCUT2D eigenvalue weighted by atomic mass is 10.2. The van der Waals surface area contributed by atoms with Crippen molar-refractivity contribution in [3.8, 4) is 0 Å². The highest BCUT2D eigenvalue weighted by atomic mass is 16.2. The van der Waals surface area contributed by atoms with E-state index in [2.05, 4.69) is 0 Å². The molecule has 0 aliphatic rings. The fraction of sp³-hybridized carbons (Fsp3) is 0.636. The summed E-state index contributed by atoms with van der Waals surface area (Å²) in [5.41, 5.74) is 19.3. The van der Waals surface area contributed by atoms with Crippen molar-refractivity contribution < 1.29 is 19.2 Å². The third-order valence-electron chi connectivity index (χ3n) is 1.94. The van der Waals surface area contributed by atoms with Gasteiger partial charge in [0.25, 0.3) is 0 Å². The molecule has 0 bridgehead atoms. The van der Waals surface area contributed by atoms with Crippen molar-refractivity contribution in [3.05, 3.63) is 0 Å². The van der Waals surface area contributed by atoms with Gasteiger partial charge in [-0.3, -0.25) is 19.2 Å². The molecule has 0 atom stereocenters. The Morgan fingerprint density at radius 1 is 0.474 bits per heavy atom. The number of carbonyl (C=O) groups excluding carboxylic acids is 4. The van der Waals surface area contributed by atoms with E-state index >= 15 is 0 Å². The number of hydrogen-bond acceptors (Lipinski definition) is 4. The second-order valence-electron chi connectivity index (χ2n) is 3.93. The number of carbonyl (C=O) groups is 4. The zero-order chi connectivity index (χ0) is 15.3. The SMILES string of the molecule is NC(=O)CCCC(N)=O.NC(=O)CCCCC(N)=O. The molecule has 19 heavy (non-hydrogen) atoms. The molecule has 8 heteroatoms. The number of hydrogen-bond donors (Lipinski definition) is 4. The molecule has 0 aromatic carbocycles. The van der Waals surface area contributed by atoms with Gasteiger partial charge in [-0.25, -0.2) is 0 Å². The van der Waals surface area contributed by atoms with Crippen LogP contribution in [0.4, 0.5) is 0 Å². The van der Waals surface area contributed by atoms with Gasteiger partial charge in [0.05, 0.1) is 0 Å². The van der Waals surface area contributed by atoms with Gasteiger partial charge in [-0.15, -0.1) is 0 Å². The minimum Gasteiger partial charge on any atom is -0.370 e. The molecule has 0 saturated carbocycles. The third kappa shape index (κ3) is 25.8. The first-order chi connectivity index (χ1) is 8.75. The lowest BCUT2D eigenvalue weighted by Gasteiger charge is -1.93. The van der Waals surface area contributed by atoms with Crippen LogP contribution in [-0.4, -0.2) is 23.6 Å². The van der Waals surface area contributed by atoms with E-state index in [0.29, 0.717) is 32.1 Å². The van der Waals surface area contributed by atoms with E-state index in [9.17, 15) is 19.2 Å². The van der Waals surface area contributed by atoms with Gasteiger partial charge in [0.2, 0.25) is 23.6 Å². The monoisotopic (exact) mass is 274 g/mol. The average molecular weight is 274 g/mol. The van der Waals surface area contributed by atoms with Crippen LogP contribution in [0, 0.1) is 0 Å². The summed E-state index contributed by atoms with van der Waals surface area (Å²) in [6.07, 6.45) is 2.92. The van der Waals surface area contributed by atoms with Gasteiger partial charge in [0.1, 0.15) is 0 Å². The van der Waals surface area contributed by atoms with E-state index in [1.165, 1.54) is 0 Å². The van der Waals surface area contributed by atoms with E-state index in [1.54, 1.807) is 0 Å². The van der Waals surface area contributed by atoms with Crippen molar-refractivity contribution in [2.24, 2.45) is 22.9 Å². The molecule has 0 aliphatic heterocycles. The number of nitrogens with two attached hydrogens (primary N) is 4. The Balaban J connectivity index is 0. The molecule has 0 spiro atoms. The van der Waals surface area contributed by atoms with Crippen LogP contribution in [0.2, 0.25) is 0 Å². The van der Waals surface area contributed by atoms with Crippen LogP contribution >= 0.6 is 0 Å². The minimum absolute atomic E-state index is 0.239. The summed E-state index contributed by atoms with van der Waals surface area (Å²) in [5, 5.41) is 0. The smallest absolute Gasteiger partial charge is 0.217 e. The maximum atomic E-state index is 10.2. The molecule has 110 valence electrons. The Hall–Kier alpha value is -2.12. The van der Waals surface area contributed by atoms with Crippen molar-refractivity contribution in [2.45, 2.75) is 44.9 Å². The van der Waals surface area contributed by atoms with Crippen LogP contribution < -0.4 is 22.9 Å². The summed E-state index contributed by atoms with van der Waals surface area (Å²) < 4.78 is 0. The maximum absolute atomic E-state index is 10.2. The molecule has 8 nitrogen and oxygen atoms in total. The van der Waals surface area contributed by atoms with Crippen LogP contribution in [-0.2, 0) is 19.2 Å². The van der Waals surface area contributed by atoms with Crippen LogP contribution in [0.3, 0.4) is 0 Å². The number of amides is 4. The molecule has 8 N–H and O–H groups in total. The fourth-order valence-corrected chi connectivity index (χ4v) is 1.04. The normalized spacial score (nSPS) is 9.05. The molecule has 0 radical (unpaired) electrons. The third-order valence-corrected chi connectivity index (χ3v) is 1.94. The highest BCUT2D eigenvalue weighted by Crippen LogP contribution is 1.97. The van der Waals surface area contributed by atoms with Crippen LogP contribution in [0.5, 0.6) is 0 Å². The van der Waals surface area contributed by atoms with Crippen molar-refractivity contribution >= 4 is 23.6 Å². The molecule has 0 aliphatic carbocycles. The summed E-state index contributed by atoms with van der Waals surface area (Å²) in [6, 6.07) is 0. The van der Waals surface area contributed by atoms with E-state index in [4.69, 9.17) is 22.9 Å². The van der Waals surface area contributed by atoms with Crippen LogP contribution in [0.1, 0.15) is 44.9 Å². The Kier molecular flexibility index (Phi) is 12.5. The second-order valence-corrected chi connectivity index (χ2v) is 3.93. The maximum Gasteiger partial charge on any atom is 0.217 e. The van der Waals surface area contributed by atoms with Gasteiger partial charge >= 0.3 is 0 Å². The van der Waals surface area contributed by atoms with E-state index < -0.39 is 11.8 Å². The van der Waals surface area contributed by atoms with E-state index in [1.807, 2.05) is 0 Å². The van der Waals surface area contributed by atoms with E-state index in [-0.39, 0.29) is 24.7 Å². The van der Waals surface area contributed by atoms with Gasteiger partial charge in [-0.1, -0.05) is 0 Å². The Morgan fingerprint density at radius 2 is 0.684 bits per heavy atom. The quantitative estimate of drug-likeness (QED) is 0.380. The number of unbranched alkanes of at least 4 members (excludes halogenated alkanes) is 1. The van der Waals surface area contributed by atoms with Crippen molar-refractivity contribution in [3.63, 3.8) is 0 Å². The highest BCUT2D eigenvalue weighted by molar-refractivity contribution is 5.76. The zero-order valence-corrected chi connectivity index (χ0v) is 10.9. The molecule has 0 aromatic rings. The first-order valence-corrected chi connectivity index (χ1v) is 5.89. The Morgan fingerprint density at radius 3 is 0.895 bits per heavy atom. The fourth-order valence-electron chi connectivity index (χ4n) is 1.04.